The number of nitrogens with one attached hydrogen (secondary N) is 2. The quantitative estimate of drug-likeness (QED) is 0.137. The van der Waals surface area contributed by atoms with Gasteiger partial charge in [0.25, 0.3) is 0 Å². The van der Waals surface area contributed by atoms with Gasteiger partial charge >= 0.3 is 0 Å². The second-order valence-electron chi connectivity index (χ2n) is 11.1. The van der Waals surface area contributed by atoms with Gasteiger partial charge in [-0.1, -0.05) is 112 Å². The number of hydrogen-bond acceptors (Lipinski definition) is 3. The molecule has 0 aliphatic heterocycles. The third-order valence-corrected chi connectivity index (χ3v) is 7.84. The minimum atomic E-state index is 0.551. The molecule has 0 aliphatic rings. The third kappa shape index (κ3) is 8.24. The zero-order valence-corrected chi connectivity index (χ0v) is 25.6. The number of anilines is 2. The maximum atomic E-state index is 6.55. The molecule has 216 valence electrons. The molecule has 3 nitrogen and oxygen atoms in total. The maximum absolute atomic E-state index is 6.55. The summed E-state index contributed by atoms with van der Waals surface area (Å²) in [5, 5.41) is 7.46. The molecule has 3 heteroatoms. The van der Waals surface area contributed by atoms with Crippen molar-refractivity contribution in [2.75, 3.05) is 23.7 Å². The summed E-state index contributed by atoms with van der Waals surface area (Å²) in [6.07, 6.45) is 7.28. The average Bonchev–Trinajstić information content (AvgIpc) is 2.99. The van der Waals surface area contributed by atoms with E-state index in [4.69, 9.17) is 4.74 Å². The predicted octanol–water partition coefficient (Wildman–Crippen LogP) is 10.6. The van der Waals surface area contributed by atoms with E-state index in [0.29, 0.717) is 13.2 Å². The van der Waals surface area contributed by atoms with Gasteiger partial charge in [-0.2, -0.15) is 0 Å². The smallest absolute Gasteiger partial charge is 0.0728 e. The monoisotopic (exact) mass is 548 g/mol. The molecule has 4 aromatic rings. The van der Waals surface area contributed by atoms with Crippen LogP contribution in [0.4, 0.5) is 11.4 Å². The Morgan fingerprint density at radius 3 is 1.37 bits per heavy atom. The van der Waals surface area contributed by atoms with Gasteiger partial charge in [-0.05, 0) is 72.2 Å². The maximum Gasteiger partial charge on any atom is 0.0728 e. The summed E-state index contributed by atoms with van der Waals surface area (Å²) in [5.41, 5.74) is 12.4. The first-order chi connectivity index (χ1) is 20.1. The van der Waals surface area contributed by atoms with Crippen LogP contribution < -0.4 is 10.6 Å². The van der Waals surface area contributed by atoms with Crippen molar-refractivity contribution < 1.29 is 4.74 Å². The summed E-state index contributed by atoms with van der Waals surface area (Å²) in [7, 11) is 0. The van der Waals surface area contributed by atoms with Crippen LogP contribution in [0, 0.1) is 13.8 Å². The number of unbranched alkanes of at least 4 members (excludes halogenated alkanes) is 4. The van der Waals surface area contributed by atoms with Crippen molar-refractivity contribution in [1.82, 2.24) is 0 Å². The zero-order valence-electron chi connectivity index (χ0n) is 25.6. The summed E-state index contributed by atoms with van der Waals surface area (Å²) < 4.78 is 6.55. The van der Waals surface area contributed by atoms with Crippen molar-refractivity contribution in [3.8, 4) is 22.3 Å². The van der Waals surface area contributed by atoms with Gasteiger partial charge in [-0.15, -0.1) is 0 Å². The largest absolute Gasteiger partial charge is 0.385 e. The molecule has 0 bridgehead atoms. The van der Waals surface area contributed by atoms with Crippen molar-refractivity contribution in [3.63, 3.8) is 0 Å². The van der Waals surface area contributed by atoms with Crippen molar-refractivity contribution in [2.24, 2.45) is 0 Å². The normalized spacial score (nSPS) is 11.0. The van der Waals surface area contributed by atoms with Gasteiger partial charge in [-0.3, -0.25) is 0 Å². The van der Waals surface area contributed by atoms with Gasteiger partial charge in [0.2, 0.25) is 0 Å². The molecule has 0 saturated carbocycles. The molecular weight excluding hydrogens is 500 g/mol. The molecular formula is C38H48N2O. The van der Waals surface area contributed by atoms with Gasteiger partial charge in [0.05, 0.1) is 13.2 Å². The van der Waals surface area contributed by atoms with Gasteiger partial charge < -0.3 is 15.4 Å². The van der Waals surface area contributed by atoms with Crippen molar-refractivity contribution >= 4 is 11.4 Å². The van der Waals surface area contributed by atoms with Crippen LogP contribution in [0.2, 0.25) is 0 Å². The van der Waals surface area contributed by atoms with E-state index in [1.54, 1.807) is 0 Å². The topological polar surface area (TPSA) is 33.3 Å². The van der Waals surface area contributed by atoms with Crippen molar-refractivity contribution in [1.29, 1.82) is 0 Å². The fourth-order valence-electron chi connectivity index (χ4n) is 5.55. The lowest BCUT2D eigenvalue weighted by atomic mass is 9.94. The molecule has 0 amide bonds. The van der Waals surface area contributed by atoms with Gasteiger partial charge in [0.15, 0.2) is 0 Å². The molecule has 2 N–H and O–H groups in total. The Labute approximate surface area is 248 Å². The van der Waals surface area contributed by atoms with Gasteiger partial charge in [0, 0.05) is 35.6 Å². The molecule has 0 aliphatic carbocycles. The van der Waals surface area contributed by atoms with E-state index in [0.717, 1.165) is 13.1 Å². The third-order valence-electron chi connectivity index (χ3n) is 7.84. The number of benzene rings is 4. The minimum Gasteiger partial charge on any atom is -0.385 e. The number of aryl methyl sites for hydroxylation is 2. The lowest BCUT2D eigenvalue weighted by Gasteiger charge is -2.20. The standard InChI is InChI=1S/C38H48N2O/c1-5-7-13-25-39-35-23-15-19-31(37(35)33-21-11-9-17-29(33)3)27-41-28-32-20-16-24-36(40-26-14-8-6-2)38(32)34-22-12-10-18-30(34)4/h9-12,15-24,39-40H,5-8,13-14,25-28H2,1-4H3. The van der Waals surface area contributed by atoms with Crippen LogP contribution in [0.25, 0.3) is 22.3 Å². The van der Waals surface area contributed by atoms with Crippen LogP contribution in [0.15, 0.2) is 84.9 Å². The van der Waals surface area contributed by atoms with Gasteiger partial charge in [0.1, 0.15) is 0 Å². The SMILES string of the molecule is CCCCCNc1cccc(COCc2cccc(NCCCCC)c2-c2ccccc2C)c1-c1ccccc1C. The predicted molar refractivity (Wildman–Crippen MR) is 178 cm³/mol. The number of rotatable bonds is 16. The summed E-state index contributed by atoms with van der Waals surface area (Å²) in [5.74, 6) is 0. The molecule has 0 aromatic heterocycles. The minimum absolute atomic E-state index is 0.551. The lowest BCUT2D eigenvalue weighted by molar-refractivity contribution is 0.108. The average molecular weight is 549 g/mol. The highest BCUT2D eigenvalue weighted by Gasteiger charge is 2.16. The molecule has 0 heterocycles. The Hall–Kier alpha value is -3.56. The van der Waals surface area contributed by atoms with E-state index in [1.165, 1.54) is 94.4 Å². The fourth-order valence-corrected chi connectivity index (χ4v) is 5.55. The van der Waals surface area contributed by atoms with Crippen LogP contribution >= 0.6 is 0 Å². The molecule has 0 saturated heterocycles. The number of hydrogen-bond donors (Lipinski definition) is 2. The molecule has 0 radical (unpaired) electrons. The fraction of sp³-hybridized carbons (Fsp3) is 0.368. The Balaban J connectivity index is 1.60. The first-order valence-electron chi connectivity index (χ1n) is 15.5. The number of ether oxygens (including phenoxy) is 1. The van der Waals surface area contributed by atoms with Gasteiger partial charge in [-0.25, -0.2) is 0 Å². The van der Waals surface area contributed by atoms with Crippen LogP contribution in [-0.4, -0.2) is 13.1 Å². The highest BCUT2D eigenvalue weighted by molar-refractivity contribution is 5.83. The molecule has 4 rings (SSSR count). The Bertz CT molecular complexity index is 1270. The highest BCUT2D eigenvalue weighted by Crippen LogP contribution is 2.37. The Kier molecular flexibility index (Phi) is 11.9. The second kappa shape index (κ2) is 16.0. The van der Waals surface area contributed by atoms with Crippen LogP contribution in [0.1, 0.15) is 74.6 Å². The summed E-state index contributed by atoms with van der Waals surface area (Å²) in [6.45, 7) is 12.0. The van der Waals surface area contributed by atoms with E-state index in [1.807, 2.05) is 0 Å². The summed E-state index contributed by atoms with van der Waals surface area (Å²) >= 11 is 0. The molecule has 4 aromatic carbocycles. The van der Waals surface area contributed by atoms with E-state index in [-0.39, 0.29) is 0 Å². The summed E-state index contributed by atoms with van der Waals surface area (Å²) in [4.78, 5) is 0. The highest BCUT2D eigenvalue weighted by atomic mass is 16.5. The first-order valence-corrected chi connectivity index (χ1v) is 15.5. The van der Waals surface area contributed by atoms with Crippen molar-refractivity contribution in [3.05, 3.63) is 107 Å². The first kappa shape index (κ1) is 30.4. The van der Waals surface area contributed by atoms with Crippen molar-refractivity contribution in [2.45, 2.75) is 79.4 Å². The van der Waals surface area contributed by atoms with E-state index in [9.17, 15) is 0 Å². The van der Waals surface area contributed by atoms with E-state index < -0.39 is 0 Å². The second-order valence-corrected chi connectivity index (χ2v) is 11.1. The Morgan fingerprint density at radius 1 is 0.512 bits per heavy atom. The molecule has 0 unspecified atom stereocenters. The lowest BCUT2D eigenvalue weighted by Crippen LogP contribution is -2.07. The Morgan fingerprint density at radius 2 is 0.951 bits per heavy atom. The molecule has 0 atom stereocenters. The van der Waals surface area contributed by atoms with Crippen LogP contribution in [0.5, 0.6) is 0 Å². The van der Waals surface area contributed by atoms with E-state index in [2.05, 4.69) is 123 Å². The molecule has 0 spiro atoms. The molecule has 41 heavy (non-hydrogen) atoms. The van der Waals surface area contributed by atoms with Crippen LogP contribution in [-0.2, 0) is 18.0 Å². The zero-order chi connectivity index (χ0) is 28.9. The summed E-state index contributed by atoms with van der Waals surface area (Å²) in [6, 6.07) is 30.5. The molecule has 0 fully saturated rings. The van der Waals surface area contributed by atoms with Crippen LogP contribution in [0.3, 0.4) is 0 Å². The van der Waals surface area contributed by atoms with E-state index >= 15 is 0 Å².